The number of rotatable bonds is 5. The van der Waals surface area contributed by atoms with Gasteiger partial charge in [0, 0.05) is 23.7 Å². The molecule has 0 spiro atoms. The maximum Gasteiger partial charge on any atom is 0.191 e. The van der Waals surface area contributed by atoms with E-state index in [0.717, 1.165) is 23.1 Å². The summed E-state index contributed by atoms with van der Waals surface area (Å²) in [5.41, 5.74) is 1.03. The maximum absolute atomic E-state index is 11.6. The molecule has 8 heteroatoms. The van der Waals surface area contributed by atoms with Crippen molar-refractivity contribution in [1.82, 2.24) is 15.6 Å². The highest BCUT2D eigenvalue weighted by Gasteiger charge is 2.28. The summed E-state index contributed by atoms with van der Waals surface area (Å²) in [5, 5.41) is 9.90. The molecule has 0 aromatic carbocycles. The van der Waals surface area contributed by atoms with Crippen LogP contribution in [0.25, 0.3) is 0 Å². The Kier molecular flexibility index (Phi) is 5.76. The minimum Gasteiger partial charge on any atom is -0.356 e. The topological polar surface area (TPSA) is 83.5 Å². The van der Waals surface area contributed by atoms with Crippen molar-refractivity contribution in [3.8, 4) is 0 Å². The van der Waals surface area contributed by atoms with Gasteiger partial charge >= 0.3 is 0 Å². The quantitative estimate of drug-likeness (QED) is 0.611. The number of aromatic nitrogens is 1. The highest BCUT2D eigenvalue weighted by atomic mass is 32.2. The molecule has 2 N–H and O–H groups in total. The second-order valence-electron chi connectivity index (χ2n) is 6.82. The van der Waals surface area contributed by atoms with Gasteiger partial charge in [-0.2, -0.15) is 0 Å². The Hall–Kier alpha value is -1.15. The number of hydrogen-bond donors (Lipinski definition) is 2. The molecule has 2 fully saturated rings. The minimum atomic E-state index is -2.83. The Morgan fingerprint density at radius 2 is 2.17 bits per heavy atom. The zero-order chi connectivity index (χ0) is 17.0. The van der Waals surface area contributed by atoms with E-state index in [1.165, 1.54) is 25.7 Å². The summed E-state index contributed by atoms with van der Waals surface area (Å²) in [6.07, 6.45) is 5.62. The second kappa shape index (κ2) is 7.82. The SMILES string of the molecule is Cc1csc(CN=C(NCC2CCS(=O)(=O)C2)NC2CCCC2)n1. The summed E-state index contributed by atoms with van der Waals surface area (Å²) in [6.45, 7) is 3.21. The van der Waals surface area contributed by atoms with Crippen LogP contribution in [0.4, 0.5) is 0 Å². The largest absolute Gasteiger partial charge is 0.356 e. The van der Waals surface area contributed by atoms with Crippen molar-refractivity contribution in [2.45, 2.75) is 51.6 Å². The number of nitrogens with zero attached hydrogens (tertiary/aromatic N) is 2. The average Bonchev–Trinajstić information content (AvgIpc) is 3.24. The molecule has 134 valence electrons. The van der Waals surface area contributed by atoms with E-state index in [1.807, 2.05) is 12.3 Å². The van der Waals surface area contributed by atoms with E-state index in [4.69, 9.17) is 0 Å². The maximum atomic E-state index is 11.6. The van der Waals surface area contributed by atoms with Crippen LogP contribution in [-0.4, -0.2) is 43.5 Å². The molecule has 1 saturated carbocycles. The summed E-state index contributed by atoms with van der Waals surface area (Å²) in [7, 11) is -2.83. The molecule has 0 amide bonds. The van der Waals surface area contributed by atoms with E-state index in [-0.39, 0.29) is 5.92 Å². The van der Waals surface area contributed by atoms with Gasteiger partial charge in [0.2, 0.25) is 0 Å². The molecule has 1 atom stereocenters. The molecule has 1 unspecified atom stereocenters. The van der Waals surface area contributed by atoms with Gasteiger partial charge in [-0.15, -0.1) is 11.3 Å². The van der Waals surface area contributed by atoms with Gasteiger partial charge in [0.15, 0.2) is 15.8 Å². The first kappa shape index (κ1) is 17.7. The molecule has 1 aromatic heterocycles. The molecule has 1 aromatic rings. The summed E-state index contributed by atoms with van der Waals surface area (Å²) >= 11 is 1.62. The zero-order valence-electron chi connectivity index (χ0n) is 14.1. The van der Waals surface area contributed by atoms with Crippen LogP contribution in [0.15, 0.2) is 10.4 Å². The van der Waals surface area contributed by atoms with Crippen molar-refractivity contribution in [3.63, 3.8) is 0 Å². The average molecular weight is 371 g/mol. The van der Waals surface area contributed by atoms with Crippen LogP contribution < -0.4 is 10.6 Å². The smallest absolute Gasteiger partial charge is 0.191 e. The van der Waals surface area contributed by atoms with Gasteiger partial charge in [-0.1, -0.05) is 12.8 Å². The van der Waals surface area contributed by atoms with Crippen LogP contribution in [0.3, 0.4) is 0 Å². The Morgan fingerprint density at radius 1 is 1.38 bits per heavy atom. The highest BCUT2D eigenvalue weighted by molar-refractivity contribution is 7.91. The van der Waals surface area contributed by atoms with E-state index in [2.05, 4.69) is 20.6 Å². The minimum absolute atomic E-state index is 0.188. The van der Waals surface area contributed by atoms with Crippen LogP contribution in [0.1, 0.15) is 42.8 Å². The number of nitrogens with one attached hydrogen (secondary N) is 2. The number of sulfone groups is 1. The van der Waals surface area contributed by atoms with Crippen molar-refractivity contribution in [3.05, 3.63) is 16.1 Å². The molecule has 1 saturated heterocycles. The van der Waals surface area contributed by atoms with Gasteiger partial charge in [-0.25, -0.2) is 18.4 Å². The predicted molar refractivity (Wildman–Crippen MR) is 98.1 cm³/mol. The molecule has 2 heterocycles. The monoisotopic (exact) mass is 370 g/mol. The van der Waals surface area contributed by atoms with Crippen molar-refractivity contribution in [2.24, 2.45) is 10.9 Å². The summed E-state index contributed by atoms with van der Waals surface area (Å²) < 4.78 is 23.2. The van der Waals surface area contributed by atoms with Gasteiger partial charge < -0.3 is 10.6 Å². The molecule has 0 radical (unpaired) electrons. The van der Waals surface area contributed by atoms with E-state index in [0.29, 0.717) is 30.6 Å². The predicted octanol–water partition coefficient (Wildman–Crippen LogP) is 1.86. The number of aryl methyl sites for hydroxylation is 1. The second-order valence-corrected chi connectivity index (χ2v) is 9.99. The van der Waals surface area contributed by atoms with Gasteiger partial charge in [0.1, 0.15) is 5.01 Å². The standard InChI is InChI=1S/C16H26N4O2S2/c1-12-10-23-15(19-12)9-18-16(20-14-4-2-3-5-14)17-8-13-6-7-24(21,22)11-13/h10,13-14H,2-9,11H2,1H3,(H2,17,18,20). The Balaban J connectivity index is 1.58. The third-order valence-electron chi connectivity index (χ3n) is 4.62. The van der Waals surface area contributed by atoms with Crippen LogP contribution in [0.2, 0.25) is 0 Å². The van der Waals surface area contributed by atoms with E-state index >= 15 is 0 Å². The Morgan fingerprint density at radius 3 is 2.79 bits per heavy atom. The third-order valence-corrected chi connectivity index (χ3v) is 7.41. The van der Waals surface area contributed by atoms with E-state index < -0.39 is 9.84 Å². The third kappa shape index (κ3) is 5.17. The van der Waals surface area contributed by atoms with Crippen LogP contribution >= 0.6 is 11.3 Å². The normalized spacial score (nSPS) is 24.4. The number of hydrogen-bond acceptors (Lipinski definition) is 5. The molecule has 1 aliphatic carbocycles. The highest BCUT2D eigenvalue weighted by Crippen LogP contribution is 2.19. The van der Waals surface area contributed by atoms with E-state index in [9.17, 15) is 8.42 Å². The molecule has 1 aliphatic heterocycles. The van der Waals surface area contributed by atoms with Gasteiger partial charge in [-0.3, -0.25) is 0 Å². The fourth-order valence-electron chi connectivity index (χ4n) is 3.31. The van der Waals surface area contributed by atoms with Crippen molar-refractivity contribution in [1.29, 1.82) is 0 Å². The Bertz CT molecular complexity index is 678. The lowest BCUT2D eigenvalue weighted by Crippen LogP contribution is -2.44. The lowest BCUT2D eigenvalue weighted by molar-refractivity contribution is 0.553. The fraction of sp³-hybridized carbons (Fsp3) is 0.750. The lowest BCUT2D eigenvalue weighted by atomic mass is 10.1. The Labute approximate surface area is 148 Å². The fourth-order valence-corrected chi connectivity index (χ4v) is 5.87. The zero-order valence-corrected chi connectivity index (χ0v) is 15.8. The van der Waals surface area contributed by atoms with Crippen LogP contribution in [0.5, 0.6) is 0 Å². The van der Waals surface area contributed by atoms with Gasteiger partial charge in [0.05, 0.1) is 18.1 Å². The molecular weight excluding hydrogens is 344 g/mol. The number of thiazole rings is 1. The number of guanidine groups is 1. The molecule has 24 heavy (non-hydrogen) atoms. The molecule has 3 rings (SSSR count). The first-order valence-corrected chi connectivity index (χ1v) is 11.4. The van der Waals surface area contributed by atoms with Crippen LogP contribution in [0, 0.1) is 12.8 Å². The lowest BCUT2D eigenvalue weighted by Gasteiger charge is -2.19. The summed E-state index contributed by atoms with van der Waals surface area (Å²) in [4.78, 5) is 9.11. The first-order valence-electron chi connectivity index (χ1n) is 8.66. The molecule has 0 bridgehead atoms. The summed E-state index contributed by atoms with van der Waals surface area (Å²) in [6, 6.07) is 0.474. The van der Waals surface area contributed by atoms with Crippen molar-refractivity contribution >= 4 is 27.1 Å². The van der Waals surface area contributed by atoms with Gasteiger partial charge in [0.25, 0.3) is 0 Å². The molecule has 2 aliphatic rings. The van der Waals surface area contributed by atoms with Crippen molar-refractivity contribution in [2.75, 3.05) is 18.1 Å². The first-order chi connectivity index (χ1) is 11.5. The van der Waals surface area contributed by atoms with E-state index in [1.54, 1.807) is 11.3 Å². The van der Waals surface area contributed by atoms with Crippen LogP contribution in [-0.2, 0) is 16.4 Å². The molecular formula is C16H26N4O2S2. The molecule has 6 nitrogen and oxygen atoms in total. The number of aliphatic imine (C=N–C) groups is 1. The van der Waals surface area contributed by atoms with Crippen molar-refractivity contribution < 1.29 is 8.42 Å². The van der Waals surface area contributed by atoms with Gasteiger partial charge in [-0.05, 0) is 32.1 Å². The summed E-state index contributed by atoms with van der Waals surface area (Å²) in [5.74, 6) is 1.59.